The number of hydrogen-bond donors (Lipinski definition) is 0. The maximum Gasteiger partial charge on any atom is 0.416 e. The molecule has 0 saturated carbocycles. The molecule has 5 rings (SSSR count). The van der Waals surface area contributed by atoms with Gasteiger partial charge in [-0.05, 0) is 24.3 Å². The number of rotatable bonds is 4. The number of alkyl halides is 3. The first kappa shape index (κ1) is 22.0. The van der Waals surface area contributed by atoms with Gasteiger partial charge in [-0.25, -0.2) is 15.0 Å². The van der Waals surface area contributed by atoms with Gasteiger partial charge in [0.15, 0.2) is 5.82 Å². The molecule has 168 valence electrons. The van der Waals surface area contributed by atoms with E-state index >= 15 is 0 Å². The summed E-state index contributed by atoms with van der Waals surface area (Å²) in [7, 11) is 0. The van der Waals surface area contributed by atoms with E-state index in [0.29, 0.717) is 16.4 Å². The van der Waals surface area contributed by atoms with Crippen molar-refractivity contribution in [2.24, 2.45) is 0 Å². The summed E-state index contributed by atoms with van der Waals surface area (Å²) in [6.07, 6.45) is 0.0995. The second-order valence-corrected chi connectivity index (χ2v) is 9.39. The van der Waals surface area contributed by atoms with Crippen LogP contribution in [0.4, 0.5) is 13.2 Å². The van der Waals surface area contributed by atoms with E-state index in [2.05, 4.69) is 19.9 Å². The minimum absolute atomic E-state index is 0.450. The third kappa shape index (κ3) is 4.93. The summed E-state index contributed by atoms with van der Waals surface area (Å²) in [5.41, 5.74) is 2.93. The van der Waals surface area contributed by atoms with E-state index in [-0.39, 0.29) is 0 Å². The molecule has 0 unspecified atom stereocenters. The predicted molar refractivity (Wildman–Crippen MR) is 123 cm³/mol. The Balaban J connectivity index is 1.27. The lowest BCUT2D eigenvalue weighted by Gasteiger charge is -2.27. The maximum atomic E-state index is 12.8. The largest absolute Gasteiger partial charge is 0.416 e. The van der Waals surface area contributed by atoms with Crippen LogP contribution in [0.5, 0.6) is 0 Å². The number of thiazole rings is 1. The topological polar surface area (TPSA) is 41.9 Å². The van der Waals surface area contributed by atoms with E-state index in [0.717, 1.165) is 60.0 Å². The molecule has 4 aromatic rings. The first-order valence-corrected chi connectivity index (χ1v) is 11.5. The summed E-state index contributed by atoms with van der Waals surface area (Å²) in [6.45, 7) is 2.34. The smallest absolute Gasteiger partial charge is 0.293 e. The fourth-order valence-corrected chi connectivity index (χ4v) is 4.87. The average Bonchev–Trinajstić information content (AvgIpc) is 3.27. The highest BCUT2D eigenvalue weighted by molar-refractivity contribution is 7.15. The Morgan fingerprint density at radius 1 is 0.939 bits per heavy atom. The van der Waals surface area contributed by atoms with Crippen LogP contribution < -0.4 is 0 Å². The molecule has 2 aromatic heterocycles. The van der Waals surface area contributed by atoms with E-state index in [1.165, 1.54) is 17.0 Å². The monoisotopic (exact) mass is 486 g/mol. The first-order chi connectivity index (χ1) is 15.8. The van der Waals surface area contributed by atoms with Crippen molar-refractivity contribution in [3.63, 3.8) is 0 Å². The van der Waals surface area contributed by atoms with Gasteiger partial charge in [-0.15, -0.1) is 11.3 Å². The van der Waals surface area contributed by atoms with Crippen molar-refractivity contribution in [1.29, 1.82) is 0 Å². The molecular formula is C24H18ClF3N4S. The van der Waals surface area contributed by atoms with Crippen LogP contribution in [-0.4, -0.2) is 26.4 Å². The van der Waals surface area contributed by atoms with Gasteiger partial charge in [-0.2, -0.15) is 13.2 Å². The van der Waals surface area contributed by atoms with Crippen molar-refractivity contribution in [3.8, 4) is 22.0 Å². The molecule has 0 atom stereocenters. The van der Waals surface area contributed by atoms with Crippen LogP contribution >= 0.6 is 22.9 Å². The standard InChI is InChI=1S/C24H18ClF3N4S/c25-19-7-3-16(4-8-19)23-30-12-20(33-23)14-32-10-9-21-17(13-32)11-29-22(31-21)15-1-5-18(6-2-15)24(26,27)28/h1-8,11-12H,9-10,13-14H2. The van der Waals surface area contributed by atoms with E-state index in [4.69, 9.17) is 11.6 Å². The van der Waals surface area contributed by atoms with Gasteiger partial charge in [0.25, 0.3) is 0 Å². The predicted octanol–water partition coefficient (Wildman–Crippen LogP) is 6.50. The summed E-state index contributed by atoms with van der Waals surface area (Å²) in [4.78, 5) is 17.1. The Bertz CT molecular complexity index is 1270. The van der Waals surface area contributed by atoms with Crippen LogP contribution in [-0.2, 0) is 25.7 Å². The second-order valence-electron chi connectivity index (χ2n) is 7.84. The molecule has 0 N–H and O–H groups in total. The van der Waals surface area contributed by atoms with Gasteiger partial charge in [-0.3, -0.25) is 4.90 Å². The molecule has 0 aliphatic carbocycles. The second kappa shape index (κ2) is 8.85. The van der Waals surface area contributed by atoms with Crippen LogP contribution in [0.2, 0.25) is 5.02 Å². The Labute approximate surface area is 197 Å². The third-order valence-corrected chi connectivity index (χ3v) is 6.79. The lowest BCUT2D eigenvalue weighted by Crippen LogP contribution is -2.30. The highest BCUT2D eigenvalue weighted by Crippen LogP contribution is 2.31. The number of nitrogens with zero attached hydrogens (tertiary/aromatic N) is 4. The quantitative estimate of drug-likeness (QED) is 0.330. The van der Waals surface area contributed by atoms with Crippen molar-refractivity contribution in [3.05, 3.63) is 87.6 Å². The van der Waals surface area contributed by atoms with Gasteiger partial charge in [0, 0.05) is 65.0 Å². The molecule has 0 radical (unpaired) electrons. The van der Waals surface area contributed by atoms with Crippen molar-refractivity contribution in [2.45, 2.75) is 25.7 Å². The van der Waals surface area contributed by atoms with Crippen molar-refractivity contribution < 1.29 is 13.2 Å². The summed E-state index contributed by atoms with van der Waals surface area (Å²) >= 11 is 7.63. The number of halogens is 4. The molecule has 0 amide bonds. The van der Waals surface area contributed by atoms with E-state index in [9.17, 15) is 13.2 Å². The van der Waals surface area contributed by atoms with Crippen LogP contribution in [0.3, 0.4) is 0 Å². The van der Waals surface area contributed by atoms with Gasteiger partial charge in [0.1, 0.15) is 5.01 Å². The Morgan fingerprint density at radius 3 is 2.39 bits per heavy atom. The molecule has 4 nitrogen and oxygen atoms in total. The summed E-state index contributed by atoms with van der Waals surface area (Å²) in [5.74, 6) is 0.450. The Kier molecular flexibility index (Phi) is 5.90. The molecular weight excluding hydrogens is 469 g/mol. The first-order valence-electron chi connectivity index (χ1n) is 10.3. The molecule has 0 fully saturated rings. The number of fused-ring (bicyclic) bond motifs is 1. The van der Waals surface area contributed by atoms with Crippen molar-refractivity contribution >= 4 is 22.9 Å². The average molecular weight is 487 g/mol. The maximum absolute atomic E-state index is 12.8. The molecule has 0 bridgehead atoms. The summed E-state index contributed by atoms with van der Waals surface area (Å²) < 4.78 is 38.4. The molecule has 0 spiro atoms. The highest BCUT2D eigenvalue weighted by Gasteiger charge is 2.30. The zero-order chi connectivity index (χ0) is 23.0. The van der Waals surface area contributed by atoms with E-state index < -0.39 is 11.7 Å². The lowest BCUT2D eigenvalue weighted by molar-refractivity contribution is -0.137. The number of benzene rings is 2. The van der Waals surface area contributed by atoms with Crippen molar-refractivity contribution in [1.82, 2.24) is 19.9 Å². The van der Waals surface area contributed by atoms with Gasteiger partial charge < -0.3 is 0 Å². The van der Waals surface area contributed by atoms with Crippen LogP contribution in [0.15, 0.2) is 60.9 Å². The van der Waals surface area contributed by atoms with Crippen LogP contribution in [0.1, 0.15) is 21.7 Å². The molecule has 3 heterocycles. The fraction of sp³-hybridized carbons (Fsp3) is 0.208. The number of aromatic nitrogens is 3. The van der Waals surface area contributed by atoms with E-state index in [1.807, 2.05) is 30.5 Å². The van der Waals surface area contributed by atoms with Crippen LogP contribution in [0, 0.1) is 0 Å². The Morgan fingerprint density at radius 2 is 1.67 bits per heavy atom. The third-order valence-electron chi connectivity index (χ3n) is 5.51. The van der Waals surface area contributed by atoms with Gasteiger partial charge in [0.05, 0.1) is 11.3 Å². The van der Waals surface area contributed by atoms with Gasteiger partial charge >= 0.3 is 6.18 Å². The minimum atomic E-state index is -4.35. The highest BCUT2D eigenvalue weighted by atomic mass is 35.5. The van der Waals surface area contributed by atoms with Crippen LogP contribution in [0.25, 0.3) is 22.0 Å². The number of hydrogen-bond acceptors (Lipinski definition) is 5. The zero-order valence-electron chi connectivity index (χ0n) is 17.3. The molecule has 2 aromatic carbocycles. The van der Waals surface area contributed by atoms with Gasteiger partial charge in [-0.1, -0.05) is 35.9 Å². The van der Waals surface area contributed by atoms with E-state index in [1.54, 1.807) is 17.5 Å². The summed E-state index contributed by atoms with van der Waals surface area (Å²) in [6, 6.07) is 12.6. The normalized spacial score (nSPS) is 14.3. The van der Waals surface area contributed by atoms with Crippen molar-refractivity contribution in [2.75, 3.05) is 6.54 Å². The SMILES string of the molecule is FC(F)(F)c1ccc(-c2ncc3c(n2)CCN(Cc2cnc(-c4ccc(Cl)cc4)s2)C3)cc1. The molecule has 9 heteroatoms. The molecule has 0 saturated heterocycles. The lowest BCUT2D eigenvalue weighted by atomic mass is 10.1. The zero-order valence-corrected chi connectivity index (χ0v) is 18.9. The van der Waals surface area contributed by atoms with Gasteiger partial charge in [0.2, 0.25) is 0 Å². The summed E-state index contributed by atoms with van der Waals surface area (Å²) in [5, 5.41) is 1.66. The minimum Gasteiger partial charge on any atom is -0.293 e. The molecule has 1 aliphatic heterocycles. The Hall–Kier alpha value is -2.81. The fourth-order valence-electron chi connectivity index (χ4n) is 3.78. The molecule has 33 heavy (non-hydrogen) atoms. The molecule has 1 aliphatic rings.